The molecule has 5 nitrogen and oxygen atoms in total. The number of furan rings is 1. The van der Waals surface area contributed by atoms with Gasteiger partial charge >= 0.3 is 0 Å². The van der Waals surface area contributed by atoms with Gasteiger partial charge in [-0.3, -0.25) is 0 Å². The fraction of sp³-hybridized carbons (Fsp3) is 0.471. The third kappa shape index (κ3) is 6.10. The molecule has 2 heterocycles. The molecule has 2 rings (SSSR count). The number of nitrogens with one attached hydrogen (secondary N) is 2. The molecule has 0 fully saturated rings. The average Bonchev–Trinajstić information content (AvgIpc) is 3.11. The summed E-state index contributed by atoms with van der Waals surface area (Å²) in [6, 6.07) is 7.84. The monoisotopic (exact) mass is 463 g/mol. The van der Waals surface area contributed by atoms with Crippen LogP contribution in [0.1, 0.15) is 35.1 Å². The minimum atomic E-state index is -1.09. The maximum absolute atomic E-state index is 10.6. The predicted molar refractivity (Wildman–Crippen MR) is 110 cm³/mol. The van der Waals surface area contributed by atoms with Gasteiger partial charge in [0.05, 0.1) is 13.1 Å². The fourth-order valence-electron chi connectivity index (χ4n) is 2.14. The lowest BCUT2D eigenvalue weighted by molar-refractivity contribution is 0.0378. The number of halogens is 1. The molecular weight excluding hydrogens is 437 g/mol. The second kappa shape index (κ2) is 9.43. The van der Waals surface area contributed by atoms with Crippen LogP contribution < -0.4 is 10.6 Å². The Bertz CT molecular complexity index is 664. The second-order valence-electron chi connectivity index (χ2n) is 5.75. The Labute approximate surface area is 164 Å². The molecule has 1 atom stereocenters. The van der Waals surface area contributed by atoms with E-state index in [0.29, 0.717) is 24.8 Å². The summed E-state index contributed by atoms with van der Waals surface area (Å²) in [5, 5.41) is 16.9. The number of thiophene rings is 1. The van der Waals surface area contributed by atoms with Crippen LogP contribution in [0.15, 0.2) is 33.7 Å². The molecule has 3 N–H and O–H groups in total. The zero-order chi connectivity index (χ0) is 16.9. The van der Waals surface area contributed by atoms with Crippen LogP contribution in [0.4, 0.5) is 0 Å². The molecule has 2 aromatic rings. The van der Waals surface area contributed by atoms with Gasteiger partial charge < -0.3 is 20.2 Å². The van der Waals surface area contributed by atoms with Gasteiger partial charge in [-0.2, -0.15) is 0 Å². The summed E-state index contributed by atoms with van der Waals surface area (Å²) in [6.45, 7) is 9.39. The zero-order valence-electron chi connectivity index (χ0n) is 14.5. The molecule has 0 aliphatic rings. The van der Waals surface area contributed by atoms with Crippen molar-refractivity contribution in [1.29, 1.82) is 0 Å². The number of aryl methyl sites for hydroxylation is 2. The highest BCUT2D eigenvalue weighted by molar-refractivity contribution is 14.0. The van der Waals surface area contributed by atoms with E-state index in [1.807, 2.05) is 19.9 Å². The molecule has 7 heteroatoms. The minimum absolute atomic E-state index is 0. The lowest BCUT2D eigenvalue weighted by atomic mass is 10.0. The van der Waals surface area contributed by atoms with E-state index in [-0.39, 0.29) is 24.0 Å². The van der Waals surface area contributed by atoms with Gasteiger partial charge in [0.15, 0.2) is 5.96 Å². The van der Waals surface area contributed by atoms with Crippen LogP contribution in [0, 0.1) is 13.8 Å². The maximum Gasteiger partial charge on any atom is 0.191 e. The van der Waals surface area contributed by atoms with Crippen molar-refractivity contribution in [3.63, 3.8) is 0 Å². The normalized spacial score (nSPS) is 14.0. The van der Waals surface area contributed by atoms with Gasteiger partial charge in [0.1, 0.15) is 17.1 Å². The third-order valence-electron chi connectivity index (χ3n) is 3.40. The molecule has 0 radical (unpaired) electrons. The van der Waals surface area contributed by atoms with Gasteiger partial charge in [-0.05, 0) is 52.0 Å². The molecular formula is C17H26IN3O2S. The molecule has 0 amide bonds. The summed E-state index contributed by atoms with van der Waals surface area (Å²) < 4.78 is 5.52. The Morgan fingerprint density at radius 2 is 2.00 bits per heavy atom. The Morgan fingerprint density at radius 3 is 2.54 bits per heavy atom. The molecule has 0 aromatic carbocycles. The first-order chi connectivity index (χ1) is 10.9. The van der Waals surface area contributed by atoms with Crippen molar-refractivity contribution in [2.24, 2.45) is 4.99 Å². The maximum atomic E-state index is 10.6. The minimum Gasteiger partial charge on any atom is -0.463 e. The van der Waals surface area contributed by atoms with Crippen LogP contribution in [0.25, 0.3) is 0 Å². The summed E-state index contributed by atoms with van der Waals surface area (Å²) in [5.74, 6) is 2.02. The van der Waals surface area contributed by atoms with Gasteiger partial charge in [-0.15, -0.1) is 35.3 Å². The number of rotatable bonds is 6. The largest absolute Gasteiger partial charge is 0.463 e. The van der Waals surface area contributed by atoms with Gasteiger partial charge in [-0.1, -0.05) is 0 Å². The molecule has 0 saturated carbocycles. The lowest BCUT2D eigenvalue weighted by Crippen LogP contribution is -2.44. The van der Waals surface area contributed by atoms with Gasteiger partial charge in [0, 0.05) is 16.3 Å². The lowest BCUT2D eigenvalue weighted by Gasteiger charge is -2.22. The van der Waals surface area contributed by atoms with Crippen molar-refractivity contribution in [1.82, 2.24) is 10.6 Å². The molecule has 0 aliphatic carbocycles. The van der Waals surface area contributed by atoms with Crippen molar-refractivity contribution in [3.8, 4) is 0 Å². The average molecular weight is 463 g/mol. The van der Waals surface area contributed by atoms with Crippen molar-refractivity contribution >= 4 is 41.3 Å². The number of nitrogens with zero attached hydrogens (tertiary/aromatic N) is 1. The molecule has 1 unspecified atom stereocenters. The first-order valence-corrected chi connectivity index (χ1v) is 8.59. The second-order valence-corrected chi connectivity index (χ2v) is 7.12. The molecule has 0 aliphatic heterocycles. The van der Waals surface area contributed by atoms with Crippen LogP contribution in [0.2, 0.25) is 0 Å². The predicted octanol–water partition coefficient (Wildman–Crippen LogP) is 3.54. The highest BCUT2D eigenvalue weighted by Crippen LogP contribution is 2.22. The van der Waals surface area contributed by atoms with E-state index >= 15 is 0 Å². The van der Waals surface area contributed by atoms with Gasteiger partial charge in [0.25, 0.3) is 0 Å². The van der Waals surface area contributed by atoms with Crippen molar-refractivity contribution in [2.45, 2.75) is 39.8 Å². The Kier molecular flexibility index (Phi) is 8.24. The number of hydrogen-bond acceptors (Lipinski definition) is 4. The van der Waals surface area contributed by atoms with E-state index in [9.17, 15) is 5.11 Å². The van der Waals surface area contributed by atoms with Crippen molar-refractivity contribution in [3.05, 3.63) is 45.5 Å². The van der Waals surface area contributed by atoms with Crippen LogP contribution >= 0.6 is 35.3 Å². The first-order valence-electron chi connectivity index (χ1n) is 7.77. The topological polar surface area (TPSA) is 69.8 Å². The Morgan fingerprint density at radius 1 is 1.25 bits per heavy atom. The molecule has 0 spiro atoms. The van der Waals surface area contributed by atoms with E-state index in [4.69, 9.17) is 4.42 Å². The van der Waals surface area contributed by atoms with E-state index in [2.05, 4.69) is 34.7 Å². The van der Waals surface area contributed by atoms with Gasteiger partial charge in [-0.25, -0.2) is 4.99 Å². The summed E-state index contributed by atoms with van der Waals surface area (Å²) in [6.07, 6.45) is 0. The quantitative estimate of drug-likeness (QED) is 0.348. The molecule has 2 aromatic heterocycles. The Balaban J connectivity index is 0.00000288. The van der Waals surface area contributed by atoms with Crippen LogP contribution in [-0.4, -0.2) is 24.2 Å². The Hall–Kier alpha value is -1.06. The number of hydrogen-bond donors (Lipinski definition) is 3. The van der Waals surface area contributed by atoms with Crippen LogP contribution in [0.3, 0.4) is 0 Å². The van der Waals surface area contributed by atoms with E-state index in [1.165, 1.54) is 9.75 Å². The standard InChI is InChI=1S/C17H25N3O2S.HI/c1-5-18-16(19-10-14-8-7-13(3)23-14)20-11-17(4,21)15-9-6-12(2)22-15;/h6-9,21H,5,10-11H2,1-4H3,(H2,18,19,20);1H. The fourth-order valence-corrected chi connectivity index (χ4v) is 2.95. The van der Waals surface area contributed by atoms with Crippen molar-refractivity contribution < 1.29 is 9.52 Å². The van der Waals surface area contributed by atoms with E-state index in [1.54, 1.807) is 24.3 Å². The third-order valence-corrected chi connectivity index (χ3v) is 4.39. The molecule has 24 heavy (non-hydrogen) atoms. The number of aliphatic imine (C=N–C) groups is 1. The SMILES string of the molecule is CCNC(=NCc1ccc(C)s1)NCC(C)(O)c1ccc(C)o1.I. The van der Waals surface area contributed by atoms with Gasteiger partial charge in [0.2, 0.25) is 0 Å². The smallest absolute Gasteiger partial charge is 0.191 e. The molecule has 134 valence electrons. The highest BCUT2D eigenvalue weighted by Gasteiger charge is 2.27. The van der Waals surface area contributed by atoms with E-state index < -0.39 is 5.60 Å². The summed E-state index contributed by atoms with van der Waals surface area (Å²) in [7, 11) is 0. The van der Waals surface area contributed by atoms with Crippen LogP contribution in [-0.2, 0) is 12.1 Å². The molecule has 0 bridgehead atoms. The summed E-state index contributed by atoms with van der Waals surface area (Å²) in [5.41, 5.74) is -1.09. The summed E-state index contributed by atoms with van der Waals surface area (Å²) in [4.78, 5) is 7.06. The number of aliphatic hydroxyl groups is 1. The zero-order valence-corrected chi connectivity index (χ0v) is 17.7. The van der Waals surface area contributed by atoms with Crippen LogP contribution in [0.5, 0.6) is 0 Å². The first kappa shape index (κ1) is 21.0. The molecule has 0 saturated heterocycles. The highest BCUT2D eigenvalue weighted by atomic mass is 127. The van der Waals surface area contributed by atoms with Crippen molar-refractivity contribution in [2.75, 3.05) is 13.1 Å². The summed E-state index contributed by atoms with van der Waals surface area (Å²) >= 11 is 1.74. The number of guanidine groups is 1. The van der Waals surface area contributed by atoms with E-state index in [0.717, 1.165) is 12.3 Å².